The highest BCUT2D eigenvalue weighted by atomic mass is 35.5. The van der Waals surface area contributed by atoms with Crippen molar-refractivity contribution < 1.29 is 32.0 Å². The number of likely N-dealkylation sites (N-methyl/N-ethyl adjacent to an activating group) is 2. The minimum Gasteiger partial charge on any atom is -0.412 e. The fraction of sp³-hybridized carbons (Fsp3) is 0.250. The zero-order chi connectivity index (χ0) is 48.7. The molecule has 23 heteroatoms. The van der Waals surface area contributed by atoms with Gasteiger partial charge in [0.15, 0.2) is 11.3 Å². The van der Waals surface area contributed by atoms with Crippen molar-refractivity contribution >= 4 is 74.4 Å². The lowest BCUT2D eigenvalue weighted by molar-refractivity contribution is -0.140. The van der Waals surface area contributed by atoms with Crippen LogP contribution in [-0.4, -0.2) is 114 Å². The van der Waals surface area contributed by atoms with Crippen molar-refractivity contribution in [3.05, 3.63) is 127 Å². The van der Waals surface area contributed by atoms with Gasteiger partial charge in [-0.1, -0.05) is 23.2 Å². The number of pyridine rings is 2. The second kappa shape index (κ2) is 21.0. The first-order valence-corrected chi connectivity index (χ1v) is 20.8. The summed E-state index contributed by atoms with van der Waals surface area (Å²) < 4.78 is 54.6. The van der Waals surface area contributed by atoms with Gasteiger partial charge in [-0.25, -0.2) is 14.4 Å². The van der Waals surface area contributed by atoms with Crippen LogP contribution in [0.25, 0.3) is 44.3 Å². The van der Waals surface area contributed by atoms with Crippen LogP contribution in [0.15, 0.2) is 88.7 Å². The summed E-state index contributed by atoms with van der Waals surface area (Å²) in [6.45, 7) is 2.80. The van der Waals surface area contributed by atoms with Crippen molar-refractivity contribution in [1.82, 2.24) is 39.2 Å². The van der Waals surface area contributed by atoms with Crippen LogP contribution < -0.4 is 42.5 Å². The number of halogens is 6. The molecule has 0 saturated carbocycles. The molecule has 4 aromatic heterocycles. The number of nitrogens with zero attached hydrogens (tertiary/aromatic N) is 8. The van der Waals surface area contributed by atoms with E-state index in [1.165, 1.54) is 44.7 Å². The molecule has 0 aliphatic rings. The Morgan fingerprint density at radius 1 is 0.716 bits per heavy atom. The number of rotatable bonds is 14. The van der Waals surface area contributed by atoms with Crippen molar-refractivity contribution in [2.75, 3.05) is 90.3 Å². The van der Waals surface area contributed by atoms with Crippen molar-refractivity contribution in [2.45, 2.75) is 6.18 Å². The van der Waals surface area contributed by atoms with Gasteiger partial charge in [0, 0.05) is 87.5 Å². The monoisotopic (exact) mass is 966 g/mol. The first kappa shape index (κ1) is 49.4. The van der Waals surface area contributed by atoms with E-state index in [1.54, 1.807) is 30.5 Å². The number of aromatic nitrogens is 6. The fourth-order valence-electron chi connectivity index (χ4n) is 6.46. The van der Waals surface area contributed by atoms with Crippen LogP contribution >= 0.6 is 23.2 Å². The normalized spacial score (nSPS) is 11.4. The number of hydrogen-bond donors (Lipinski definition) is 4. The van der Waals surface area contributed by atoms with Crippen LogP contribution in [0.4, 0.5) is 40.8 Å². The number of carbonyl (C=O) groups excluding carboxylic acids is 1. The zero-order valence-electron chi connectivity index (χ0n) is 36.8. The molecule has 3 aromatic carbocycles. The topological polar surface area (TPSA) is 200 Å². The predicted molar refractivity (Wildman–Crippen MR) is 251 cm³/mol. The highest BCUT2D eigenvalue weighted by molar-refractivity contribution is 6.34. The number of benzene rings is 3. The third-order valence-electron chi connectivity index (χ3n) is 9.79. The largest absolute Gasteiger partial charge is 0.419 e. The minimum absolute atomic E-state index is 0.105. The molecule has 0 radical (unpaired) electrons. The van der Waals surface area contributed by atoms with Gasteiger partial charge >= 0.3 is 6.18 Å². The summed E-state index contributed by atoms with van der Waals surface area (Å²) in [4.78, 5) is 71.0. The van der Waals surface area contributed by atoms with Gasteiger partial charge in [0.25, 0.3) is 17.0 Å². The molecular weight excluding hydrogens is 923 g/mol. The number of nitrogen functional groups attached to an aromatic ring is 1. The number of anilines is 4. The molecule has 0 aliphatic carbocycles. The summed E-state index contributed by atoms with van der Waals surface area (Å²) in [6, 6.07) is 14.3. The van der Waals surface area contributed by atoms with E-state index in [1.807, 2.05) is 38.0 Å². The Balaban J connectivity index is 0.000000238. The molecule has 0 spiro atoms. The Morgan fingerprint density at radius 3 is 1.67 bits per heavy atom. The van der Waals surface area contributed by atoms with Crippen molar-refractivity contribution in [3.63, 3.8) is 0 Å². The van der Waals surface area contributed by atoms with E-state index >= 15 is 0 Å². The highest BCUT2D eigenvalue weighted by Gasteiger charge is 2.34. The van der Waals surface area contributed by atoms with E-state index < -0.39 is 29.0 Å². The molecule has 7 aromatic rings. The Labute approximate surface area is 390 Å². The Hall–Kier alpha value is -7.07. The standard InChI is InChI=1S/C26H23ClF4N6O3.C18H21ClN6O2/c1-36(2)9-8-32-25-33-13-15-10-18(24(39)37(40-3)22(15)35-25)17-12-16(5-7-20(17)27)34-23(38)14-4-6-19(21(28)11-14)26(29,30)31;1-24(2)7-6-21-18-22-10-11-8-14(13-9-12(20)4-5-15(13)19)17(26)25(27-3)16(11)23-18/h4-7,10-13H,8-9H2,1-3H3,(H,34,38)(H,32,33,35);4-5,8-10H,6-7,20H2,1-3H3,(H,21,22,23). The van der Waals surface area contributed by atoms with Crippen LogP contribution in [0.3, 0.4) is 0 Å². The zero-order valence-corrected chi connectivity index (χ0v) is 38.3. The molecule has 0 saturated heterocycles. The van der Waals surface area contributed by atoms with Crippen molar-refractivity contribution in [2.24, 2.45) is 0 Å². The molecule has 67 heavy (non-hydrogen) atoms. The summed E-state index contributed by atoms with van der Waals surface area (Å²) in [6.07, 6.45) is -1.75. The molecule has 0 fully saturated rings. The quantitative estimate of drug-likeness (QED) is 0.0702. The first-order valence-electron chi connectivity index (χ1n) is 20.0. The highest BCUT2D eigenvalue weighted by Crippen LogP contribution is 2.33. The second-order valence-corrected chi connectivity index (χ2v) is 16.0. The van der Waals surface area contributed by atoms with E-state index in [0.29, 0.717) is 75.4 Å². The summed E-state index contributed by atoms with van der Waals surface area (Å²) in [7, 11) is 10.5. The van der Waals surface area contributed by atoms with E-state index in [9.17, 15) is 31.9 Å². The Kier molecular flexibility index (Phi) is 15.5. The number of nitrogens with two attached hydrogens (primary N) is 1. The average molecular weight is 968 g/mol. The van der Waals surface area contributed by atoms with Gasteiger partial charge in [0.1, 0.15) is 20.0 Å². The van der Waals surface area contributed by atoms with Gasteiger partial charge in [0.2, 0.25) is 11.9 Å². The lowest BCUT2D eigenvalue weighted by atomic mass is 10.0. The third-order valence-corrected chi connectivity index (χ3v) is 10.4. The van der Waals surface area contributed by atoms with Crippen LogP contribution in [0, 0.1) is 5.82 Å². The maximum atomic E-state index is 14.0. The van der Waals surface area contributed by atoms with E-state index in [4.69, 9.17) is 38.6 Å². The molecule has 1 amide bonds. The molecular formula is C44H44Cl2F4N12O5. The van der Waals surface area contributed by atoms with Crippen LogP contribution in [-0.2, 0) is 6.18 Å². The van der Waals surface area contributed by atoms with Crippen LogP contribution in [0.2, 0.25) is 10.0 Å². The maximum Gasteiger partial charge on any atom is 0.419 e. The molecule has 17 nitrogen and oxygen atoms in total. The fourth-order valence-corrected chi connectivity index (χ4v) is 6.90. The number of nitrogens with one attached hydrogen (secondary N) is 3. The lowest BCUT2D eigenvalue weighted by Crippen LogP contribution is -2.28. The number of fused-ring (bicyclic) bond motifs is 2. The predicted octanol–water partition coefficient (Wildman–Crippen LogP) is 6.28. The Morgan fingerprint density at radius 2 is 1.21 bits per heavy atom. The summed E-state index contributed by atoms with van der Waals surface area (Å²) in [5.41, 5.74) is 5.53. The molecule has 0 bridgehead atoms. The van der Waals surface area contributed by atoms with Crippen molar-refractivity contribution in [3.8, 4) is 22.3 Å². The maximum absolute atomic E-state index is 14.0. The minimum atomic E-state index is -4.89. The number of alkyl halides is 3. The molecule has 0 aliphatic heterocycles. The van der Waals surface area contributed by atoms with Crippen LogP contribution in [0.1, 0.15) is 15.9 Å². The van der Waals surface area contributed by atoms with E-state index in [2.05, 4.69) is 35.9 Å². The Bertz CT molecular complexity index is 3080. The van der Waals surface area contributed by atoms with Gasteiger partial charge in [-0.05, 0) is 94.9 Å². The second-order valence-electron chi connectivity index (χ2n) is 15.2. The van der Waals surface area contributed by atoms with Gasteiger partial charge in [-0.2, -0.15) is 23.1 Å². The van der Waals surface area contributed by atoms with Gasteiger partial charge < -0.3 is 41.2 Å². The third kappa shape index (κ3) is 11.7. The first-order chi connectivity index (χ1) is 31.8. The molecule has 352 valence electrons. The van der Waals surface area contributed by atoms with E-state index in [0.717, 1.165) is 28.6 Å². The van der Waals surface area contributed by atoms with Crippen molar-refractivity contribution in [1.29, 1.82) is 0 Å². The lowest BCUT2D eigenvalue weighted by Gasteiger charge is -2.14. The average Bonchev–Trinajstić information content (AvgIpc) is 3.27. The summed E-state index contributed by atoms with van der Waals surface area (Å²) in [5.74, 6) is -1.72. The van der Waals surface area contributed by atoms with E-state index in [-0.39, 0.29) is 38.6 Å². The SMILES string of the molecule is COn1c(=O)c(-c2cc(N)ccc2Cl)cc2cnc(NCCN(C)C)nc21.COn1c(=O)c(-c2cc(NC(=O)c3ccc(C(F)(F)F)c(F)c3)ccc2Cl)cc2cnc(NCCN(C)C)nc21. The molecule has 7 rings (SSSR count). The van der Waals surface area contributed by atoms with Gasteiger partial charge in [0.05, 0.1) is 16.7 Å². The molecule has 0 unspecified atom stereocenters. The number of hydrogen-bond acceptors (Lipinski definition) is 14. The summed E-state index contributed by atoms with van der Waals surface area (Å²) >= 11 is 12.7. The number of carbonyl (C=O) groups is 1. The smallest absolute Gasteiger partial charge is 0.412 e. The molecule has 0 atom stereocenters. The molecule has 5 N–H and O–H groups in total. The van der Waals surface area contributed by atoms with Crippen LogP contribution in [0.5, 0.6) is 0 Å². The van der Waals surface area contributed by atoms with Gasteiger partial charge in [-0.15, -0.1) is 9.46 Å². The van der Waals surface area contributed by atoms with Gasteiger partial charge in [-0.3, -0.25) is 14.4 Å². The number of amides is 1. The summed E-state index contributed by atoms with van der Waals surface area (Å²) in [5, 5.41) is 10.4. The molecule has 4 heterocycles.